The molecule has 0 radical (unpaired) electrons. The summed E-state index contributed by atoms with van der Waals surface area (Å²) in [7, 11) is 0. The van der Waals surface area contributed by atoms with Gasteiger partial charge in [0.05, 0.1) is 54.1 Å². The van der Waals surface area contributed by atoms with Gasteiger partial charge in [0, 0.05) is 24.2 Å². The van der Waals surface area contributed by atoms with Crippen LogP contribution in [0.4, 0.5) is 0 Å². The van der Waals surface area contributed by atoms with Gasteiger partial charge in [0.15, 0.2) is 0 Å². The highest BCUT2D eigenvalue weighted by Crippen LogP contribution is 2.69. The maximum absolute atomic E-state index is 12.6. The second kappa shape index (κ2) is 7.12. The van der Waals surface area contributed by atoms with Gasteiger partial charge in [-0.3, -0.25) is 4.79 Å². The molecule has 4 rings (SSSR count). The molecular weight excluding hydrogens is 392 g/mol. The summed E-state index contributed by atoms with van der Waals surface area (Å²) in [5.74, 6) is -2.15. The molecule has 0 aromatic heterocycles. The lowest BCUT2D eigenvalue weighted by atomic mass is 9.40. The summed E-state index contributed by atoms with van der Waals surface area (Å²) in [5, 5.41) is 66.5. The molecule has 30 heavy (non-hydrogen) atoms. The van der Waals surface area contributed by atoms with Crippen molar-refractivity contribution in [3.8, 4) is 0 Å². The predicted octanol–water partition coefficient (Wildman–Crippen LogP) is -0.287. The van der Waals surface area contributed by atoms with E-state index in [1.54, 1.807) is 6.92 Å². The number of esters is 1. The molecule has 6 N–H and O–H groups in total. The Labute approximate surface area is 176 Å². The number of hydrogen-bond acceptors (Lipinski definition) is 8. The molecule has 0 amide bonds. The molecule has 0 aromatic rings. The van der Waals surface area contributed by atoms with E-state index in [-0.39, 0.29) is 38.3 Å². The minimum Gasteiger partial charge on any atom is -0.466 e. The van der Waals surface area contributed by atoms with Crippen LogP contribution in [0.3, 0.4) is 0 Å². The highest BCUT2D eigenvalue weighted by atomic mass is 16.5. The molecular formula is C22H36O8. The van der Waals surface area contributed by atoms with Gasteiger partial charge < -0.3 is 35.4 Å². The fraction of sp³-hybridized carbons (Fsp3) is 0.955. The van der Waals surface area contributed by atoms with Crippen molar-refractivity contribution in [3.05, 3.63) is 0 Å². The Hall–Kier alpha value is -0.770. The van der Waals surface area contributed by atoms with Crippen LogP contribution in [0.5, 0.6) is 0 Å². The molecule has 10 atom stereocenters. The summed E-state index contributed by atoms with van der Waals surface area (Å²) in [6.07, 6.45) is -1.64. The van der Waals surface area contributed by atoms with Crippen LogP contribution in [0.2, 0.25) is 0 Å². The first-order valence-corrected chi connectivity index (χ1v) is 11.3. The first-order valence-electron chi connectivity index (χ1n) is 11.3. The average Bonchev–Trinajstić information content (AvgIpc) is 2.92. The minimum atomic E-state index is -1.54. The van der Waals surface area contributed by atoms with Gasteiger partial charge in [-0.15, -0.1) is 0 Å². The van der Waals surface area contributed by atoms with Gasteiger partial charge in [0.1, 0.15) is 0 Å². The quantitative estimate of drug-likeness (QED) is 0.336. The van der Waals surface area contributed by atoms with E-state index in [9.17, 15) is 35.4 Å². The smallest absolute Gasteiger partial charge is 0.309 e. The molecule has 8 nitrogen and oxygen atoms in total. The summed E-state index contributed by atoms with van der Waals surface area (Å²) in [5.41, 5.74) is -5.16. The Morgan fingerprint density at radius 2 is 1.80 bits per heavy atom. The minimum absolute atomic E-state index is 0.0000423. The summed E-state index contributed by atoms with van der Waals surface area (Å²) < 4.78 is 5.25. The van der Waals surface area contributed by atoms with Crippen molar-refractivity contribution in [3.63, 3.8) is 0 Å². The van der Waals surface area contributed by atoms with Gasteiger partial charge in [-0.1, -0.05) is 6.92 Å². The van der Waals surface area contributed by atoms with E-state index in [1.807, 2.05) is 6.92 Å². The van der Waals surface area contributed by atoms with Crippen LogP contribution in [-0.4, -0.2) is 79.3 Å². The Bertz CT molecular complexity index is 701. The lowest BCUT2D eigenvalue weighted by Gasteiger charge is -2.68. The molecule has 4 aliphatic rings. The van der Waals surface area contributed by atoms with Crippen molar-refractivity contribution < 1.29 is 40.2 Å². The van der Waals surface area contributed by atoms with Gasteiger partial charge in [0.25, 0.3) is 0 Å². The third-order valence-electron chi connectivity index (χ3n) is 9.49. The zero-order valence-corrected chi connectivity index (χ0v) is 17.8. The van der Waals surface area contributed by atoms with Crippen LogP contribution in [0.1, 0.15) is 58.8 Å². The number of aliphatic hydroxyl groups is 6. The van der Waals surface area contributed by atoms with E-state index >= 15 is 0 Å². The zero-order chi connectivity index (χ0) is 22.1. The van der Waals surface area contributed by atoms with Crippen molar-refractivity contribution >= 4 is 5.97 Å². The van der Waals surface area contributed by atoms with Gasteiger partial charge in [-0.2, -0.15) is 0 Å². The van der Waals surface area contributed by atoms with Crippen molar-refractivity contribution in [1.82, 2.24) is 0 Å². The summed E-state index contributed by atoms with van der Waals surface area (Å²) in [4.78, 5) is 12.6. The molecule has 4 fully saturated rings. The van der Waals surface area contributed by atoms with E-state index in [4.69, 9.17) is 4.74 Å². The van der Waals surface area contributed by atoms with E-state index < -0.39 is 64.7 Å². The highest BCUT2D eigenvalue weighted by molar-refractivity contribution is 5.74. The van der Waals surface area contributed by atoms with Crippen molar-refractivity contribution in [1.29, 1.82) is 0 Å². The van der Waals surface area contributed by atoms with E-state index in [1.165, 1.54) is 0 Å². The van der Waals surface area contributed by atoms with Crippen LogP contribution in [0.15, 0.2) is 0 Å². The molecule has 0 bridgehead atoms. The maximum Gasteiger partial charge on any atom is 0.309 e. The zero-order valence-electron chi connectivity index (χ0n) is 17.8. The molecule has 0 aliphatic heterocycles. The molecule has 0 aromatic carbocycles. The standard InChI is InChI=1S/C22H36O8/c1-3-30-18(27)14-5-7-22(29)13-4-6-20(28)9-12(24)8-16(26)21(20,11-23)17(13)15(25)10-19(14,22)2/h12-17,23-26,28-29H,3-11H2,1-2H3/t12-,13+,14+,15-,16+,17+,19+,20-,21+,22+/m0/s1. The number of fused-ring (bicyclic) bond motifs is 5. The van der Waals surface area contributed by atoms with Crippen molar-refractivity contribution in [2.45, 2.75) is 88.3 Å². The number of aliphatic hydroxyl groups excluding tert-OH is 4. The largest absolute Gasteiger partial charge is 0.466 e. The van der Waals surface area contributed by atoms with Gasteiger partial charge in [-0.25, -0.2) is 0 Å². The molecule has 0 saturated heterocycles. The summed E-state index contributed by atoms with van der Waals surface area (Å²) >= 11 is 0. The van der Waals surface area contributed by atoms with Crippen LogP contribution >= 0.6 is 0 Å². The van der Waals surface area contributed by atoms with Gasteiger partial charge >= 0.3 is 5.97 Å². The fourth-order valence-electron chi connectivity index (χ4n) is 8.13. The molecule has 172 valence electrons. The van der Waals surface area contributed by atoms with Crippen molar-refractivity contribution in [2.24, 2.45) is 28.6 Å². The van der Waals surface area contributed by atoms with Crippen LogP contribution < -0.4 is 0 Å². The molecule has 0 heterocycles. The molecule has 8 heteroatoms. The normalized spacial score (nSPS) is 55.3. The van der Waals surface area contributed by atoms with Gasteiger partial charge in [0.2, 0.25) is 0 Å². The third kappa shape index (κ3) is 2.58. The Balaban J connectivity index is 1.78. The Morgan fingerprint density at radius 1 is 1.10 bits per heavy atom. The molecule has 0 unspecified atom stereocenters. The lowest BCUT2D eigenvalue weighted by molar-refractivity contribution is -0.317. The number of hydrogen-bond donors (Lipinski definition) is 6. The third-order valence-corrected chi connectivity index (χ3v) is 9.49. The van der Waals surface area contributed by atoms with E-state index in [0.717, 1.165) is 0 Å². The monoisotopic (exact) mass is 428 g/mol. The second-order valence-corrected chi connectivity index (χ2v) is 10.5. The van der Waals surface area contributed by atoms with Crippen molar-refractivity contribution in [2.75, 3.05) is 13.2 Å². The van der Waals surface area contributed by atoms with Crippen LogP contribution in [0, 0.1) is 28.6 Å². The molecule has 4 saturated carbocycles. The van der Waals surface area contributed by atoms with Crippen LogP contribution in [0.25, 0.3) is 0 Å². The van der Waals surface area contributed by atoms with E-state index in [0.29, 0.717) is 19.3 Å². The number of carbonyl (C=O) groups is 1. The maximum atomic E-state index is 12.6. The predicted molar refractivity (Wildman–Crippen MR) is 105 cm³/mol. The SMILES string of the molecule is CCOC(=O)[C@H]1CC[C@@]2(O)[C@@H]3CC[C@]4(O)C[C@@H](O)C[C@@H](O)[C@]4(CO)[C@H]3[C@@H](O)C[C@]12C. The first-order chi connectivity index (χ1) is 14.0. The van der Waals surface area contributed by atoms with Crippen LogP contribution in [-0.2, 0) is 9.53 Å². The topological polar surface area (TPSA) is 148 Å². The Kier molecular flexibility index (Phi) is 5.32. The fourth-order valence-corrected chi connectivity index (χ4v) is 8.13. The number of rotatable bonds is 3. The highest BCUT2D eigenvalue weighted by Gasteiger charge is 2.75. The lowest BCUT2D eigenvalue weighted by Crippen LogP contribution is -2.75. The summed E-state index contributed by atoms with van der Waals surface area (Å²) in [6.45, 7) is 3.25. The first kappa shape index (κ1) is 22.4. The molecule has 0 spiro atoms. The van der Waals surface area contributed by atoms with E-state index in [2.05, 4.69) is 0 Å². The second-order valence-electron chi connectivity index (χ2n) is 10.5. The Morgan fingerprint density at radius 3 is 2.43 bits per heavy atom. The summed E-state index contributed by atoms with van der Waals surface area (Å²) in [6, 6.07) is 0. The molecule has 4 aliphatic carbocycles. The number of carbonyl (C=O) groups excluding carboxylic acids is 1. The number of ether oxygens (including phenoxy) is 1. The van der Waals surface area contributed by atoms with Gasteiger partial charge in [-0.05, 0) is 44.9 Å². The average molecular weight is 429 g/mol.